The van der Waals surface area contributed by atoms with Crippen LogP contribution in [0.3, 0.4) is 0 Å². The quantitative estimate of drug-likeness (QED) is 0.581. The van der Waals surface area contributed by atoms with Gasteiger partial charge >= 0.3 is 0 Å². The number of thiophene rings is 1. The van der Waals surface area contributed by atoms with Gasteiger partial charge in [0.05, 0.1) is 10.7 Å². The van der Waals surface area contributed by atoms with Crippen molar-refractivity contribution < 1.29 is 4.79 Å². The van der Waals surface area contributed by atoms with Gasteiger partial charge in [-0.15, -0.1) is 11.3 Å². The van der Waals surface area contributed by atoms with Crippen LogP contribution in [0.4, 0.5) is 5.00 Å². The predicted octanol–water partition coefficient (Wildman–Crippen LogP) is 3.63. The van der Waals surface area contributed by atoms with Crippen LogP contribution in [0, 0.1) is 0 Å². The fourth-order valence-corrected chi connectivity index (χ4v) is 2.35. The number of allylic oxidation sites excluding steroid dienone is 2. The monoisotopic (exact) mass is 243 g/mol. The van der Waals surface area contributed by atoms with Gasteiger partial charge in [0.1, 0.15) is 0 Å². The van der Waals surface area contributed by atoms with Gasteiger partial charge < -0.3 is 4.90 Å². The van der Waals surface area contributed by atoms with Crippen LogP contribution in [0.2, 0.25) is 0 Å². The Morgan fingerprint density at radius 2 is 2.40 bits per heavy atom. The second kappa shape index (κ2) is 5.93. The standard InChI is InChI=1S/C11H14ClNOS/c1-3-7-13(9(4-2)11(12)14)10-6-5-8-15-10/h4-6,8H,3,7H2,1-2H3/b9-4-. The Morgan fingerprint density at radius 1 is 1.67 bits per heavy atom. The molecule has 0 atom stereocenters. The zero-order valence-corrected chi connectivity index (χ0v) is 10.4. The van der Waals surface area contributed by atoms with E-state index in [0.29, 0.717) is 5.70 Å². The molecule has 1 heterocycles. The van der Waals surface area contributed by atoms with Crippen LogP contribution in [-0.4, -0.2) is 11.8 Å². The van der Waals surface area contributed by atoms with E-state index >= 15 is 0 Å². The molecule has 0 fully saturated rings. The Hall–Kier alpha value is -0.800. The van der Waals surface area contributed by atoms with Gasteiger partial charge in [-0.3, -0.25) is 4.79 Å². The first-order valence-electron chi connectivity index (χ1n) is 4.87. The minimum atomic E-state index is -0.403. The summed E-state index contributed by atoms with van der Waals surface area (Å²) in [6.07, 6.45) is 2.73. The number of halogens is 1. The molecule has 0 radical (unpaired) electrons. The third-order valence-electron chi connectivity index (χ3n) is 1.99. The molecule has 0 saturated heterocycles. The highest BCUT2D eigenvalue weighted by Gasteiger charge is 2.16. The first-order chi connectivity index (χ1) is 7.20. The smallest absolute Gasteiger partial charge is 0.268 e. The summed E-state index contributed by atoms with van der Waals surface area (Å²) in [5.41, 5.74) is 0.556. The first kappa shape index (κ1) is 12.3. The van der Waals surface area contributed by atoms with Crippen molar-refractivity contribution in [3.63, 3.8) is 0 Å². The summed E-state index contributed by atoms with van der Waals surface area (Å²) in [7, 11) is 0. The van der Waals surface area contributed by atoms with E-state index in [1.54, 1.807) is 17.4 Å². The molecule has 0 amide bonds. The van der Waals surface area contributed by atoms with Crippen molar-refractivity contribution in [2.45, 2.75) is 20.3 Å². The van der Waals surface area contributed by atoms with E-state index in [-0.39, 0.29) is 0 Å². The maximum absolute atomic E-state index is 11.2. The number of rotatable bonds is 5. The van der Waals surface area contributed by atoms with E-state index in [4.69, 9.17) is 11.6 Å². The Labute approximate surface area is 99.2 Å². The average Bonchev–Trinajstić information content (AvgIpc) is 2.69. The first-order valence-corrected chi connectivity index (χ1v) is 6.13. The van der Waals surface area contributed by atoms with Gasteiger partial charge in [-0.05, 0) is 42.5 Å². The summed E-state index contributed by atoms with van der Waals surface area (Å²) in [6, 6.07) is 3.96. The molecule has 1 aromatic rings. The third-order valence-corrected chi connectivity index (χ3v) is 3.07. The van der Waals surface area contributed by atoms with E-state index in [0.717, 1.165) is 18.0 Å². The second-order valence-electron chi connectivity index (χ2n) is 3.05. The van der Waals surface area contributed by atoms with Crippen molar-refractivity contribution in [2.24, 2.45) is 0 Å². The molecule has 0 aromatic carbocycles. The summed E-state index contributed by atoms with van der Waals surface area (Å²) in [5.74, 6) is 0. The van der Waals surface area contributed by atoms with Crippen molar-refractivity contribution in [3.05, 3.63) is 29.3 Å². The lowest BCUT2D eigenvalue weighted by Gasteiger charge is -2.22. The zero-order chi connectivity index (χ0) is 11.3. The number of carbonyl (C=O) groups excluding carboxylic acids is 1. The average molecular weight is 244 g/mol. The van der Waals surface area contributed by atoms with Crippen molar-refractivity contribution >= 4 is 33.2 Å². The molecular formula is C11H14ClNOS. The molecule has 0 unspecified atom stereocenters. The number of hydrogen-bond donors (Lipinski definition) is 0. The molecule has 15 heavy (non-hydrogen) atoms. The van der Waals surface area contributed by atoms with E-state index in [1.807, 2.05) is 29.3 Å². The summed E-state index contributed by atoms with van der Waals surface area (Å²) >= 11 is 7.15. The molecule has 0 bridgehead atoms. The lowest BCUT2D eigenvalue weighted by atomic mass is 10.3. The predicted molar refractivity (Wildman–Crippen MR) is 66.6 cm³/mol. The lowest BCUT2D eigenvalue weighted by molar-refractivity contribution is -0.108. The molecule has 2 nitrogen and oxygen atoms in total. The van der Waals surface area contributed by atoms with Crippen LogP contribution >= 0.6 is 22.9 Å². The molecule has 0 N–H and O–H groups in total. The van der Waals surface area contributed by atoms with E-state index in [2.05, 4.69) is 6.92 Å². The van der Waals surface area contributed by atoms with Gasteiger partial charge in [-0.25, -0.2) is 0 Å². The number of anilines is 1. The Kier molecular flexibility index (Phi) is 4.85. The van der Waals surface area contributed by atoms with Crippen molar-refractivity contribution in [3.8, 4) is 0 Å². The Balaban J connectivity index is 2.97. The zero-order valence-electron chi connectivity index (χ0n) is 8.87. The summed E-state index contributed by atoms with van der Waals surface area (Å²) < 4.78 is 0. The summed E-state index contributed by atoms with van der Waals surface area (Å²) in [5, 5.41) is 2.64. The van der Waals surface area contributed by atoms with E-state index < -0.39 is 5.24 Å². The van der Waals surface area contributed by atoms with Crippen molar-refractivity contribution in [1.82, 2.24) is 0 Å². The summed E-state index contributed by atoms with van der Waals surface area (Å²) in [6.45, 7) is 4.71. The Morgan fingerprint density at radius 3 is 2.80 bits per heavy atom. The van der Waals surface area contributed by atoms with E-state index in [9.17, 15) is 4.79 Å². The molecule has 82 valence electrons. The van der Waals surface area contributed by atoms with Gasteiger partial charge in [-0.1, -0.05) is 13.0 Å². The highest BCUT2D eigenvalue weighted by molar-refractivity contribution is 7.14. The molecule has 1 aromatic heterocycles. The highest BCUT2D eigenvalue weighted by Crippen LogP contribution is 2.26. The fraction of sp³-hybridized carbons (Fsp3) is 0.364. The SMILES string of the molecule is C/C=C(/C(=O)Cl)N(CCC)c1cccs1. The van der Waals surface area contributed by atoms with Crippen molar-refractivity contribution in [2.75, 3.05) is 11.4 Å². The number of hydrogen-bond acceptors (Lipinski definition) is 3. The molecule has 0 spiro atoms. The topological polar surface area (TPSA) is 20.3 Å². The molecule has 0 aliphatic carbocycles. The Bertz CT molecular complexity index is 345. The minimum Gasteiger partial charge on any atom is -0.330 e. The third kappa shape index (κ3) is 3.08. The van der Waals surface area contributed by atoms with Crippen LogP contribution in [0.5, 0.6) is 0 Å². The molecule has 0 saturated carbocycles. The summed E-state index contributed by atoms with van der Waals surface area (Å²) in [4.78, 5) is 13.2. The van der Waals surface area contributed by atoms with E-state index in [1.165, 1.54) is 0 Å². The second-order valence-corrected chi connectivity index (χ2v) is 4.32. The molecule has 0 aliphatic heterocycles. The minimum absolute atomic E-state index is 0.403. The van der Waals surface area contributed by atoms with Crippen LogP contribution < -0.4 is 4.90 Å². The fourth-order valence-electron chi connectivity index (χ4n) is 1.37. The molecular weight excluding hydrogens is 230 g/mol. The van der Waals surface area contributed by atoms with Crippen LogP contribution in [0.15, 0.2) is 29.3 Å². The normalized spacial score (nSPS) is 11.5. The number of carbonyl (C=O) groups is 1. The maximum atomic E-state index is 11.2. The van der Waals surface area contributed by atoms with Crippen LogP contribution in [0.1, 0.15) is 20.3 Å². The molecule has 4 heteroatoms. The lowest BCUT2D eigenvalue weighted by Crippen LogP contribution is -2.25. The van der Waals surface area contributed by atoms with Gasteiger partial charge in [-0.2, -0.15) is 0 Å². The van der Waals surface area contributed by atoms with Gasteiger partial charge in [0.2, 0.25) is 0 Å². The van der Waals surface area contributed by atoms with Gasteiger partial charge in [0, 0.05) is 6.54 Å². The van der Waals surface area contributed by atoms with Crippen LogP contribution in [-0.2, 0) is 4.79 Å². The maximum Gasteiger partial charge on any atom is 0.268 e. The van der Waals surface area contributed by atoms with Gasteiger partial charge in [0.15, 0.2) is 0 Å². The van der Waals surface area contributed by atoms with Gasteiger partial charge in [0.25, 0.3) is 5.24 Å². The number of nitrogens with zero attached hydrogens (tertiary/aromatic N) is 1. The highest BCUT2D eigenvalue weighted by atomic mass is 35.5. The molecule has 0 aliphatic rings. The molecule has 1 rings (SSSR count). The largest absolute Gasteiger partial charge is 0.330 e. The van der Waals surface area contributed by atoms with Crippen molar-refractivity contribution in [1.29, 1.82) is 0 Å². The van der Waals surface area contributed by atoms with Crippen LogP contribution in [0.25, 0.3) is 0 Å².